The van der Waals surface area contributed by atoms with Crippen molar-refractivity contribution in [2.45, 2.75) is 30.3 Å². The van der Waals surface area contributed by atoms with E-state index in [1.165, 1.54) is 6.07 Å². The van der Waals surface area contributed by atoms with E-state index >= 15 is 0 Å². The fourth-order valence-electron chi connectivity index (χ4n) is 2.20. The summed E-state index contributed by atoms with van der Waals surface area (Å²) < 4.78 is 32.4. The van der Waals surface area contributed by atoms with Crippen LogP contribution in [-0.2, 0) is 14.8 Å². The monoisotopic (exact) mass is 315 g/mol. The van der Waals surface area contributed by atoms with Gasteiger partial charge in [0.05, 0.1) is 10.5 Å². The summed E-state index contributed by atoms with van der Waals surface area (Å²) >= 11 is 0. The molecule has 9 heteroatoms. The maximum atomic E-state index is 12.3. The van der Waals surface area contributed by atoms with Crippen molar-refractivity contribution >= 4 is 21.4 Å². The summed E-state index contributed by atoms with van der Waals surface area (Å²) in [6, 6.07) is 3.45. The summed E-state index contributed by atoms with van der Waals surface area (Å²) in [4.78, 5) is 9.77. The minimum atomic E-state index is -4.04. The van der Waals surface area contributed by atoms with Crippen molar-refractivity contribution in [1.29, 1.82) is 0 Å². The lowest BCUT2D eigenvalue weighted by Gasteiger charge is -2.23. The maximum absolute atomic E-state index is 12.3. The fraction of sp³-hybridized carbons (Fsp3) is 0.500. The maximum Gasteiger partial charge on any atom is 0.289 e. The molecule has 1 saturated heterocycles. The minimum Gasteiger partial charge on any atom is -0.399 e. The minimum absolute atomic E-state index is 0.0568. The molecule has 1 aliphatic heterocycles. The van der Waals surface area contributed by atoms with Gasteiger partial charge in [-0.05, 0) is 31.9 Å². The molecule has 1 aromatic rings. The van der Waals surface area contributed by atoms with Crippen LogP contribution in [0.2, 0.25) is 0 Å². The molecule has 1 atom stereocenters. The average molecular weight is 315 g/mol. The molecule has 1 aliphatic rings. The zero-order chi connectivity index (χ0) is 15.7. The van der Waals surface area contributed by atoms with Crippen molar-refractivity contribution in [2.24, 2.45) is 0 Å². The Kier molecular flexibility index (Phi) is 4.17. The van der Waals surface area contributed by atoms with Crippen molar-refractivity contribution in [3.8, 4) is 0 Å². The average Bonchev–Trinajstić information content (AvgIpc) is 2.84. The second kappa shape index (κ2) is 5.58. The molecule has 0 amide bonds. The first-order valence-electron chi connectivity index (χ1n) is 6.41. The first kappa shape index (κ1) is 15.7. The number of nitrogens with one attached hydrogen (secondary N) is 1. The summed E-state index contributed by atoms with van der Waals surface area (Å²) in [7, 11) is -4.04. The van der Waals surface area contributed by atoms with E-state index in [4.69, 9.17) is 10.5 Å². The van der Waals surface area contributed by atoms with E-state index in [-0.39, 0.29) is 12.2 Å². The molecule has 1 unspecified atom stereocenters. The predicted octanol–water partition coefficient (Wildman–Crippen LogP) is 1.02. The predicted molar refractivity (Wildman–Crippen MR) is 76.3 cm³/mol. The number of nitro benzene ring substituents is 1. The van der Waals surface area contributed by atoms with Gasteiger partial charge in [0.25, 0.3) is 5.69 Å². The van der Waals surface area contributed by atoms with Crippen LogP contribution in [0.15, 0.2) is 23.1 Å². The number of rotatable bonds is 5. The normalized spacial score (nSPS) is 22.3. The van der Waals surface area contributed by atoms with Gasteiger partial charge in [-0.15, -0.1) is 0 Å². The van der Waals surface area contributed by atoms with Crippen LogP contribution in [0.4, 0.5) is 11.4 Å². The zero-order valence-electron chi connectivity index (χ0n) is 11.5. The van der Waals surface area contributed by atoms with Gasteiger partial charge in [-0.3, -0.25) is 10.1 Å². The molecule has 2 rings (SSSR count). The number of sulfonamides is 1. The number of ether oxygens (including phenoxy) is 1. The molecule has 0 aromatic heterocycles. The summed E-state index contributed by atoms with van der Waals surface area (Å²) in [6.45, 7) is 2.44. The summed E-state index contributed by atoms with van der Waals surface area (Å²) in [5.74, 6) is 0. The highest BCUT2D eigenvalue weighted by atomic mass is 32.2. The molecule has 1 aromatic carbocycles. The van der Waals surface area contributed by atoms with Crippen molar-refractivity contribution in [1.82, 2.24) is 4.72 Å². The number of nitrogens with two attached hydrogens (primary N) is 1. The van der Waals surface area contributed by atoms with Gasteiger partial charge in [-0.1, -0.05) is 0 Å². The van der Waals surface area contributed by atoms with Crippen molar-refractivity contribution in [3.63, 3.8) is 0 Å². The molecular weight excluding hydrogens is 298 g/mol. The van der Waals surface area contributed by atoms with Gasteiger partial charge in [-0.25, -0.2) is 13.1 Å². The van der Waals surface area contributed by atoms with Crippen molar-refractivity contribution in [2.75, 3.05) is 18.9 Å². The molecule has 0 bridgehead atoms. The molecule has 1 fully saturated rings. The summed E-state index contributed by atoms with van der Waals surface area (Å²) in [5.41, 5.74) is 4.59. The van der Waals surface area contributed by atoms with Crippen LogP contribution < -0.4 is 10.5 Å². The lowest BCUT2D eigenvalue weighted by molar-refractivity contribution is -0.387. The molecule has 3 N–H and O–H groups in total. The first-order chi connectivity index (χ1) is 9.73. The Labute approximate surface area is 122 Å². The Balaban J connectivity index is 2.27. The number of nitrogen functional groups attached to an aromatic ring is 1. The largest absolute Gasteiger partial charge is 0.399 e. The highest BCUT2D eigenvalue weighted by Crippen LogP contribution is 2.28. The van der Waals surface area contributed by atoms with Gasteiger partial charge >= 0.3 is 0 Å². The van der Waals surface area contributed by atoms with E-state index in [1.807, 2.05) is 0 Å². The summed E-state index contributed by atoms with van der Waals surface area (Å²) in [6.07, 6.45) is 1.59. The number of anilines is 1. The van der Waals surface area contributed by atoms with E-state index in [0.29, 0.717) is 6.61 Å². The molecular formula is C12H17N3O5S. The van der Waals surface area contributed by atoms with Crippen LogP contribution in [0.1, 0.15) is 19.8 Å². The van der Waals surface area contributed by atoms with Crippen LogP contribution in [0.5, 0.6) is 0 Å². The molecule has 0 spiro atoms. The Bertz CT molecular complexity index is 653. The third kappa shape index (κ3) is 3.49. The van der Waals surface area contributed by atoms with Crippen molar-refractivity contribution in [3.05, 3.63) is 28.3 Å². The molecule has 0 aliphatic carbocycles. The van der Waals surface area contributed by atoms with Crippen LogP contribution in [0, 0.1) is 10.1 Å². The highest BCUT2D eigenvalue weighted by molar-refractivity contribution is 7.89. The number of nitrogens with zero attached hydrogens (tertiary/aromatic N) is 1. The number of nitro groups is 1. The molecule has 8 nitrogen and oxygen atoms in total. The second-order valence-electron chi connectivity index (χ2n) is 5.21. The lowest BCUT2D eigenvalue weighted by Crippen LogP contribution is -2.40. The number of benzene rings is 1. The Morgan fingerprint density at radius 1 is 1.52 bits per heavy atom. The van der Waals surface area contributed by atoms with E-state index in [0.717, 1.165) is 25.0 Å². The van der Waals surface area contributed by atoms with Crippen molar-refractivity contribution < 1.29 is 18.1 Å². The topological polar surface area (TPSA) is 125 Å². The number of hydrogen-bond acceptors (Lipinski definition) is 6. The van der Waals surface area contributed by atoms with Gasteiger partial charge in [0.15, 0.2) is 4.90 Å². The Morgan fingerprint density at radius 2 is 2.24 bits per heavy atom. The molecule has 0 saturated carbocycles. The molecule has 21 heavy (non-hydrogen) atoms. The van der Waals surface area contributed by atoms with E-state index in [1.54, 1.807) is 6.92 Å². The SMILES string of the molecule is CC1(CNS(=O)(=O)c2cc(N)ccc2[N+](=O)[O-])CCCO1. The third-order valence-electron chi connectivity index (χ3n) is 3.41. The standard InChI is InChI=1S/C12H17N3O5S/c1-12(5-2-6-20-12)8-14-21(18,19)11-7-9(13)3-4-10(11)15(16)17/h3-4,7,14H,2,5-6,8,13H2,1H3. The summed E-state index contributed by atoms with van der Waals surface area (Å²) in [5, 5.41) is 11.0. The number of hydrogen-bond donors (Lipinski definition) is 2. The third-order valence-corrected chi connectivity index (χ3v) is 4.84. The van der Waals surface area contributed by atoms with E-state index < -0.39 is 31.1 Å². The highest BCUT2D eigenvalue weighted by Gasteiger charge is 2.33. The molecule has 1 heterocycles. The molecule has 0 radical (unpaired) electrons. The zero-order valence-corrected chi connectivity index (χ0v) is 12.4. The van der Waals surface area contributed by atoms with Crippen LogP contribution >= 0.6 is 0 Å². The smallest absolute Gasteiger partial charge is 0.289 e. The first-order valence-corrected chi connectivity index (χ1v) is 7.89. The second-order valence-corrected chi connectivity index (χ2v) is 6.95. The van der Waals surface area contributed by atoms with Crippen LogP contribution in [-0.4, -0.2) is 32.1 Å². The van der Waals surface area contributed by atoms with Gasteiger partial charge in [-0.2, -0.15) is 0 Å². The van der Waals surface area contributed by atoms with Gasteiger partial charge in [0.2, 0.25) is 10.0 Å². The van der Waals surface area contributed by atoms with Gasteiger partial charge in [0, 0.05) is 24.9 Å². The van der Waals surface area contributed by atoms with Gasteiger partial charge in [0.1, 0.15) is 0 Å². The van der Waals surface area contributed by atoms with E-state index in [9.17, 15) is 18.5 Å². The van der Waals surface area contributed by atoms with E-state index in [2.05, 4.69) is 4.72 Å². The lowest BCUT2D eigenvalue weighted by atomic mass is 10.0. The molecule has 116 valence electrons. The Morgan fingerprint density at radius 3 is 2.81 bits per heavy atom. The Hall–Kier alpha value is -1.71. The fourth-order valence-corrected chi connectivity index (χ4v) is 3.56. The van der Waals surface area contributed by atoms with Crippen LogP contribution in [0.25, 0.3) is 0 Å². The quantitative estimate of drug-likeness (QED) is 0.475. The van der Waals surface area contributed by atoms with Crippen LogP contribution in [0.3, 0.4) is 0 Å². The van der Waals surface area contributed by atoms with Gasteiger partial charge < -0.3 is 10.5 Å².